The second-order valence-corrected chi connectivity index (χ2v) is 9.93. The van der Waals surface area contributed by atoms with Crippen molar-refractivity contribution in [3.8, 4) is 0 Å². The Kier molecular flexibility index (Phi) is 7.43. The molecule has 2 N–H and O–H groups in total. The standard InChI is InChI=1S/C22H24F3N3O4S/c1-2-33(31,32)28-11-9-15(10-12-28)20(29)26-18-7-3-5-16(13-18)21(30)27-19-8-4-6-17(14-19)22(23,24)25/h3-8,13-15H,2,9-12H2,1H3,(H,26,29)(H,27,30). The molecule has 3 rings (SSSR count). The highest BCUT2D eigenvalue weighted by Gasteiger charge is 2.31. The third-order valence-electron chi connectivity index (χ3n) is 5.42. The zero-order valence-electron chi connectivity index (χ0n) is 17.9. The zero-order chi connectivity index (χ0) is 24.2. The number of sulfonamides is 1. The molecule has 1 heterocycles. The minimum absolute atomic E-state index is 0.00180. The smallest absolute Gasteiger partial charge is 0.326 e. The van der Waals surface area contributed by atoms with Crippen LogP contribution in [0.5, 0.6) is 0 Å². The van der Waals surface area contributed by atoms with E-state index >= 15 is 0 Å². The Labute approximate surface area is 190 Å². The topological polar surface area (TPSA) is 95.6 Å². The second-order valence-electron chi connectivity index (χ2n) is 7.68. The fourth-order valence-corrected chi connectivity index (χ4v) is 4.67. The molecule has 11 heteroatoms. The number of hydrogen-bond acceptors (Lipinski definition) is 4. The van der Waals surface area contributed by atoms with Gasteiger partial charge in [-0.3, -0.25) is 9.59 Å². The van der Waals surface area contributed by atoms with Crippen molar-refractivity contribution in [1.82, 2.24) is 4.31 Å². The van der Waals surface area contributed by atoms with E-state index in [1.807, 2.05) is 0 Å². The predicted molar refractivity (Wildman–Crippen MR) is 118 cm³/mol. The largest absolute Gasteiger partial charge is 0.416 e. The zero-order valence-corrected chi connectivity index (χ0v) is 18.7. The molecule has 1 saturated heterocycles. The van der Waals surface area contributed by atoms with Gasteiger partial charge in [-0.25, -0.2) is 12.7 Å². The highest BCUT2D eigenvalue weighted by atomic mass is 32.2. The lowest BCUT2D eigenvalue weighted by Crippen LogP contribution is -2.42. The molecule has 0 bridgehead atoms. The Bertz CT molecular complexity index is 1130. The Balaban J connectivity index is 1.62. The highest BCUT2D eigenvalue weighted by Crippen LogP contribution is 2.31. The number of nitrogens with zero attached hydrogens (tertiary/aromatic N) is 1. The molecule has 1 fully saturated rings. The Morgan fingerprint density at radius 3 is 2.21 bits per heavy atom. The first-order valence-electron chi connectivity index (χ1n) is 10.4. The molecule has 0 spiro atoms. The van der Waals surface area contributed by atoms with Crippen LogP contribution in [0.4, 0.5) is 24.5 Å². The molecule has 0 saturated carbocycles. The minimum atomic E-state index is -4.53. The quantitative estimate of drug-likeness (QED) is 0.650. The van der Waals surface area contributed by atoms with Crippen molar-refractivity contribution in [2.75, 3.05) is 29.5 Å². The summed E-state index contributed by atoms with van der Waals surface area (Å²) in [5, 5.41) is 5.16. The first-order valence-corrected chi connectivity index (χ1v) is 12.0. The summed E-state index contributed by atoms with van der Waals surface area (Å²) >= 11 is 0. The fourth-order valence-electron chi connectivity index (χ4n) is 3.54. The van der Waals surface area contributed by atoms with Crippen molar-refractivity contribution in [3.05, 3.63) is 59.7 Å². The van der Waals surface area contributed by atoms with Crippen LogP contribution in [-0.4, -0.2) is 43.4 Å². The Morgan fingerprint density at radius 1 is 1.00 bits per heavy atom. The van der Waals surface area contributed by atoms with Crippen LogP contribution in [0.3, 0.4) is 0 Å². The number of piperidine rings is 1. The molecule has 33 heavy (non-hydrogen) atoms. The van der Waals surface area contributed by atoms with Crippen LogP contribution >= 0.6 is 0 Å². The molecular formula is C22H24F3N3O4S. The number of rotatable bonds is 6. The maximum atomic E-state index is 12.9. The summed E-state index contributed by atoms with van der Waals surface area (Å²) in [6, 6.07) is 10.4. The summed E-state index contributed by atoms with van der Waals surface area (Å²) in [4.78, 5) is 25.1. The lowest BCUT2D eigenvalue weighted by molar-refractivity contribution is -0.137. The summed E-state index contributed by atoms with van der Waals surface area (Å²) in [7, 11) is -3.29. The van der Waals surface area contributed by atoms with E-state index in [4.69, 9.17) is 0 Å². The van der Waals surface area contributed by atoms with Gasteiger partial charge in [0.2, 0.25) is 15.9 Å². The molecular weight excluding hydrogens is 459 g/mol. The van der Waals surface area contributed by atoms with E-state index in [2.05, 4.69) is 10.6 Å². The Morgan fingerprint density at radius 2 is 1.61 bits per heavy atom. The van der Waals surface area contributed by atoms with Crippen LogP contribution in [-0.2, 0) is 21.0 Å². The van der Waals surface area contributed by atoms with Gasteiger partial charge in [-0.05, 0) is 56.2 Å². The van der Waals surface area contributed by atoms with Gasteiger partial charge in [0.25, 0.3) is 5.91 Å². The first kappa shape index (κ1) is 24.7. The van der Waals surface area contributed by atoms with Crippen molar-refractivity contribution < 1.29 is 31.2 Å². The maximum absolute atomic E-state index is 12.9. The number of halogens is 3. The van der Waals surface area contributed by atoms with Crippen LogP contribution in [0.15, 0.2) is 48.5 Å². The van der Waals surface area contributed by atoms with Crippen molar-refractivity contribution in [2.24, 2.45) is 5.92 Å². The Hall–Kier alpha value is -2.92. The van der Waals surface area contributed by atoms with Gasteiger partial charge in [-0.1, -0.05) is 12.1 Å². The number of carbonyl (C=O) groups excluding carboxylic acids is 2. The lowest BCUT2D eigenvalue weighted by atomic mass is 9.97. The first-order chi connectivity index (χ1) is 15.5. The second kappa shape index (κ2) is 9.92. The molecule has 1 aliphatic rings. The molecule has 0 aromatic heterocycles. The van der Waals surface area contributed by atoms with Crippen LogP contribution < -0.4 is 10.6 Å². The van der Waals surface area contributed by atoms with E-state index in [0.717, 1.165) is 12.1 Å². The molecule has 7 nitrogen and oxygen atoms in total. The third-order valence-corrected chi connectivity index (χ3v) is 7.30. The van der Waals surface area contributed by atoms with Crippen molar-refractivity contribution >= 4 is 33.2 Å². The summed E-state index contributed by atoms with van der Waals surface area (Å²) in [5.41, 5.74) is -0.355. The fraction of sp³-hybridized carbons (Fsp3) is 0.364. The average Bonchev–Trinajstić information content (AvgIpc) is 2.79. The van der Waals surface area contributed by atoms with E-state index in [1.54, 1.807) is 19.1 Å². The van der Waals surface area contributed by atoms with Crippen molar-refractivity contribution in [1.29, 1.82) is 0 Å². The number of anilines is 2. The predicted octanol–water partition coefficient (Wildman–Crippen LogP) is 3.96. The van der Waals surface area contributed by atoms with Gasteiger partial charge >= 0.3 is 6.18 Å². The van der Waals surface area contributed by atoms with Gasteiger partial charge in [0.1, 0.15) is 0 Å². The normalized spacial score (nSPS) is 15.8. The molecule has 0 atom stereocenters. The number of alkyl halides is 3. The van der Waals surface area contributed by atoms with Crippen molar-refractivity contribution in [2.45, 2.75) is 25.9 Å². The van der Waals surface area contributed by atoms with Gasteiger partial charge in [0.05, 0.1) is 11.3 Å². The summed E-state index contributed by atoms with van der Waals surface area (Å²) in [6.45, 7) is 2.12. The minimum Gasteiger partial charge on any atom is -0.326 e. The van der Waals surface area contributed by atoms with Crippen LogP contribution in [0.2, 0.25) is 0 Å². The van der Waals surface area contributed by atoms with Gasteiger partial charge in [0.15, 0.2) is 0 Å². The number of amides is 2. The molecule has 0 unspecified atom stereocenters. The van der Waals surface area contributed by atoms with Crippen molar-refractivity contribution in [3.63, 3.8) is 0 Å². The average molecular weight is 484 g/mol. The molecule has 2 aromatic carbocycles. The molecule has 2 aromatic rings. The third kappa shape index (κ3) is 6.32. The van der Waals surface area contributed by atoms with E-state index in [-0.39, 0.29) is 41.9 Å². The van der Waals surface area contributed by atoms with E-state index < -0.39 is 27.7 Å². The molecule has 0 radical (unpaired) electrons. The highest BCUT2D eigenvalue weighted by molar-refractivity contribution is 7.89. The summed E-state index contributed by atoms with van der Waals surface area (Å²) in [6.07, 6.45) is -3.75. The number of benzene rings is 2. The molecule has 1 aliphatic heterocycles. The van der Waals surface area contributed by atoms with Gasteiger partial charge in [-0.15, -0.1) is 0 Å². The van der Waals surface area contributed by atoms with E-state index in [9.17, 15) is 31.2 Å². The van der Waals surface area contributed by atoms with E-state index in [0.29, 0.717) is 18.5 Å². The summed E-state index contributed by atoms with van der Waals surface area (Å²) in [5.74, 6) is -1.25. The molecule has 178 valence electrons. The number of hydrogen-bond donors (Lipinski definition) is 2. The number of carbonyl (C=O) groups is 2. The lowest BCUT2D eigenvalue weighted by Gasteiger charge is -2.30. The maximum Gasteiger partial charge on any atom is 0.416 e. The monoisotopic (exact) mass is 483 g/mol. The number of nitrogens with one attached hydrogen (secondary N) is 2. The molecule has 0 aliphatic carbocycles. The van der Waals surface area contributed by atoms with Gasteiger partial charge in [-0.2, -0.15) is 13.2 Å². The van der Waals surface area contributed by atoms with Crippen LogP contribution in [0, 0.1) is 5.92 Å². The SMILES string of the molecule is CCS(=O)(=O)N1CCC(C(=O)Nc2cccc(C(=O)Nc3cccc(C(F)(F)F)c3)c2)CC1. The molecule has 2 amide bonds. The van der Waals surface area contributed by atoms with Gasteiger partial charge in [0, 0.05) is 35.9 Å². The van der Waals surface area contributed by atoms with E-state index in [1.165, 1.54) is 28.6 Å². The summed E-state index contributed by atoms with van der Waals surface area (Å²) < 4.78 is 63.9. The van der Waals surface area contributed by atoms with Gasteiger partial charge < -0.3 is 10.6 Å². The van der Waals surface area contributed by atoms with Crippen LogP contribution in [0.25, 0.3) is 0 Å². The van der Waals surface area contributed by atoms with Crippen LogP contribution in [0.1, 0.15) is 35.7 Å².